The van der Waals surface area contributed by atoms with E-state index in [1.807, 2.05) is 19.1 Å². The van der Waals surface area contributed by atoms with Gasteiger partial charge in [-0.2, -0.15) is 11.8 Å². The van der Waals surface area contributed by atoms with Crippen molar-refractivity contribution in [1.82, 2.24) is 0 Å². The lowest BCUT2D eigenvalue weighted by Gasteiger charge is -2.43. The highest BCUT2D eigenvalue weighted by molar-refractivity contribution is 8.00. The maximum absolute atomic E-state index is 11.4. The Labute approximate surface area is 136 Å². The van der Waals surface area contributed by atoms with Crippen LogP contribution >= 0.6 is 11.8 Å². The summed E-state index contributed by atoms with van der Waals surface area (Å²) in [5.41, 5.74) is 8.64. The van der Waals surface area contributed by atoms with Gasteiger partial charge in [0.05, 0.1) is 13.0 Å². The molecule has 0 fully saturated rings. The molecule has 2 rings (SSSR count). The number of benzene rings is 1. The van der Waals surface area contributed by atoms with Crippen molar-refractivity contribution in [1.29, 1.82) is 0 Å². The minimum absolute atomic E-state index is 0.0194. The van der Waals surface area contributed by atoms with Crippen LogP contribution in [0.5, 0.6) is 5.75 Å². The molecule has 3 N–H and O–H groups in total. The molecule has 0 amide bonds. The van der Waals surface area contributed by atoms with Gasteiger partial charge in [0.2, 0.25) is 0 Å². The molecule has 5 heteroatoms. The maximum atomic E-state index is 11.4. The lowest BCUT2D eigenvalue weighted by atomic mass is 9.69. The number of hydrogen-bond acceptors (Lipinski definition) is 5. The minimum atomic E-state index is -0.200. The van der Waals surface area contributed by atoms with E-state index in [0.717, 1.165) is 17.7 Å². The first-order valence-electron chi connectivity index (χ1n) is 7.71. The van der Waals surface area contributed by atoms with Crippen LogP contribution in [-0.4, -0.2) is 34.7 Å². The van der Waals surface area contributed by atoms with Crippen molar-refractivity contribution >= 4 is 17.7 Å². The molecule has 1 aromatic carbocycles. The van der Waals surface area contributed by atoms with E-state index in [9.17, 15) is 9.90 Å². The number of nitrogens with two attached hydrogens (primary N) is 1. The highest BCUT2D eigenvalue weighted by Gasteiger charge is 2.40. The predicted molar refractivity (Wildman–Crippen MR) is 90.3 cm³/mol. The van der Waals surface area contributed by atoms with Crippen LogP contribution < -0.4 is 5.73 Å². The van der Waals surface area contributed by atoms with Crippen molar-refractivity contribution in [3.63, 3.8) is 0 Å². The van der Waals surface area contributed by atoms with Crippen molar-refractivity contribution in [3.05, 3.63) is 29.3 Å². The number of aromatic hydroxyl groups is 1. The Kier molecular flexibility index (Phi) is 5.40. The van der Waals surface area contributed by atoms with E-state index in [4.69, 9.17) is 10.5 Å². The van der Waals surface area contributed by atoms with Gasteiger partial charge < -0.3 is 15.6 Å². The molecular weight excluding hydrogens is 298 g/mol. The third-order valence-corrected chi connectivity index (χ3v) is 5.71. The SMILES string of the molecule is CCOC(=O)CCS[C@@H]1Cc2ccc(O)cc2C(C)(C)[C@H]1N. The molecule has 22 heavy (non-hydrogen) atoms. The molecular formula is C17H25NO3S. The molecule has 0 aliphatic heterocycles. The van der Waals surface area contributed by atoms with Crippen LogP contribution in [0.3, 0.4) is 0 Å². The van der Waals surface area contributed by atoms with E-state index in [-0.39, 0.29) is 28.4 Å². The third-order valence-electron chi connectivity index (χ3n) is 4.39. The molecule has 2 atom stereocenters. The lowest BCUT2D eigenvalue weighted by molar-refractivity contribution is -0.142. The average Bonchev–Trinajstić information content (AvgIpc) is 2.46. The van der Waals surface area contributed by atoms with Crippen LogP contribution in [0.2, 0.25) is 0 Å². The van der Waals surface area contributed by atoms with Crippen LogP contribution in [-0.2, 0) is 21.4 Å². The van der Waals surface area contributed by atoms with Gasteiger partial charge in [-0.1, -0.05) is 19.9 Å². The molecule has 0 spiro atoms. The highest BCUT2D eigenvalue weighted by atomic mass is 32.2. The van der Waals surface area contributed by atoms with Gasteiger partial charge in [-0.05, 0) is 36.6 Å². The topological polar surface area (TPSA) is 72.5 Å². The molecule has 0 saturated heterocycles. The number of thioether (sulfide) groups is 1. The van der Waals surface area contributed by atoms with Crippen LogP contribution in [0.25, 0.3) is 0 Å². The first-order chi connectivity index (χ1) is 10.4. The molecule has 0 aromatic heterocycles. The normalized spacial score (nSPS) is 22.9. The van der Waals surface area contributed by atoms with Crippen molar-refractivity contribution in [2.75, 3.05) is 12.4 Å². The number of hydrogen-bond donors (Lipinski definition) is 2. The Bertz CT molecular complexity index is 545. The summed E-state index contributed by atoms with van der Waals surface area (Å²) in [6.45, 7) is 6.48. The van der Waals surface area contributed by atoms with Crippen molar-refractivity contribution in [2.24, 2.45) is 5.73 Å². The fraction of sp³-hybridized carbons (Fsp3) is 0.588. The van der Waals surface area contributed by atoms with E-state index in [0.29, 0.717) is 13.0 Å². The predicted octanol–water partition coefficient (Wildman–Crippen LogP) is 2.61. The van der Waals surface area contributed by atoms with Crippen LogP contribution in [0.15, 0.2) is 18.2 Å². The molecule has 122 valence electrons. The number of esters is 1. The van der Waals surface area contributed by atoms with Crippen molar-refractivity contribution in [3.8, 4) is 5.75 Å². The lowest BCUT2D eigenvalue weighted by Crippen LogP contribution is -2.52. The standard InChI is InChI=1S/C17H25NO3S/c1-4-21-15(20)7-8-22-14-9-11-5-6-12(19)10-13(11)17(2,3)16(14)18/h5-6,10,14,16,19H,4,7-9,18H2,1-3H3/t14-,16+/m1/s1. The molecule has 0 radical (unpaired) electrons. The van der Waals surface area contributed by atoms with E-state index < -0.39 is 0 Å². The fourth-order valence-corrected chi connectivity index (χ4v) is 4.45. The van der Waals surface area contributed by atoms with E-state index in [1.165, 1.54) is 5.56 Å². The number of rotatable bonds is 5. The quantitative estimate of drug-likeness (QED) is 0.815. The maximum Gasteiger partial charge on any atom is 0.306 e. The van der Waals surface area contributed by atoms with Gasteiger partial charge in [-0.25, -0.2) is 0 Å². The smallest absolute Gasteiger partial charge is 0.306 e. The Morgan fingerprint density at radius 1 is 1.50 bits per heavy atom. The molecule has 1 aliphatic carbocycles. The second-order valence-corrected chi connectivity index (χ2v) is 7.60. The third kappa shape index (κ3) is 3.58. The Morgan fingerprint density at radius 3 is 2.91 bits per heavy atom. The van der Waals surface area contributed by atoms with Gasteiger partial charge in [-0.15, -0.1) is 0 Å². The van der Waals surface area contributed by atoms with E-state index in [1.54, 1.807) is 17.8 Å². The summed E-state index contributed by atoms with van der Waals surface area (Å²) in [4.78, 5) is 11.4. The second kappa shape index (κ2) is 6.92. The van der Waals surface area contributed by atoms with E-state index in [2.05, 4.69) is 13.8 Å². The summed E-state index contributed by atoms with van der Waals surface area (Å²) >= 11 is 1.74. The van der Waals surface area contributed by atoms with Crippen molar-refractivity contribution in [2.45, 2.75) is 50.3 Å². The number of carbonyl (C=O) groups is 1. The largest absolute Gasteiger partial charge is 0.508 e. The molecule has 0 unspecified atom stereocenters. The number of phenols is 1. The first-order valence-corrected chi connectivity index (χ1v) is 8.76. The number of carbonyl (C=O) groups excluding carboxylic acids is 1. The highest BCUT2D eigenvalue weighted by Crippen LogP contribution is 2.41. The zero-order valence-electron chi connectivity index (χ0n) is 13.5. The van der Waals surface area contributed by atoms with Gasteiger partial charge in [0, 0.05) is 22.5 Å². The average molecular weight is 323 g/mol. The van der Waals surface area contributed by atoms with E-state index >= 15 is 0 Å². The molecule has 1 aromatic rings. The number of fused-ring (bicyclic) bond motifs is 1. The molecule has 0 saturated carbocycles. The summed E-state index contributed by atoms with van der Waals surface area (Å²) in [6, 6.07) is 5.52. The molecule has 0 heterocycles. The summed E-state index contributed by atoms with van der Waals surface area (Å²) in [5, 5.41) is 9.99. The van der Waals surface area contributed by atoms with Crippen LogP contribution in [0.1, 0.15) is 38.3 Å². The Morgan fingerprint density at radius 2 is 2.23 bits per heavy atom. The van der Waals surface area contributed by atoms with Crippen LogP contribution in [0, 0.1) is 0 Å². The minimum Gasteiger partial charge on any atom is -0.508 e. The first kappa shape index (κ1) is 17.2. The Hall–Kier alpha value is -1.20. The van der Waals surface area contributed by atoms with Crippen LogP contribution in [0.4, 0.5) is 0 Å². The zero-order chi connectivity index (χ0) is 16.3. The molecule has 0 bridgehead atoms. The molecule has 4 nitrogen and oxygen atoms in total. The Balaban J connectivity index is 2.06. The summed E-state index contributed by atoms with van der Waals surface area (Å²) < 4.78 is 4.96. The summed E-state index contributed by atoms with van der Waals surface area (Å²) in [5.74, 6) is 0.858. The van der Waals surface area contributed by atoms with Gasteiger partial charge in [0.15, 0.2) is 0 Å². The molecule has 1 aliphatic rings. The van der Waals surface area contributed by atoms with Gasteiger partial charge in [0.1, 0.15) is 5.75 Å². The summed E-state index contributed by atoms with van der Waals surface area (Å²) in [6.07, 6.45) is 1.29. The van der Waals surface area contributed by atoms with Crippen molar-refractivity contribution < 1.29 is 14.6 Å². The monoisotopic (exact) mass is 323 g/mol. The second-order valence-electron chi connectivity index (χ2n) is 6.26. The van der Waals surface area contributed by atoms with Gasteiger partial charge in [0.25, 0.3) is 0 Å². The number of phenolic OH excluding ortho intramolecular Hbond substituents is 1. The van der Waals surface area contributed by atoms with Gasteiger partial charge in [-0.3, -0.25) is 4.79 Å². The van der Waals surface area contributed by atoms with Gasteiger partial charge >= 0.3 is 5.97 Å². The fourth-order valence-electron chi connectivity index (χ4n) is 3.02. The zero-order valence-corrected chi connectivity index (χ0v) is 14.3. The summed E-state index contributed by atoms with van der Waals surface area (Å²) in [7, 11) is 0. The number of ether oxygens (including phenoxy) is 1.